The Kier molecular flexibility index (Phi) is 4.53. The van der Waals surface area contributed by atoms with Crippen molar-refractivity contribution < 1.29 is 0 Å². The molecule has 1 aromatic carbocycles. The number of nitrogens with zero attached hydrogens (tertiary/aromatic N) is 2. The average molecular weight is 243 g/mol. The van der Waals surface area contributed by atoms with Gasteiger partial charge in [0.2, 0.25) is 0 Å². The molecular formula is C15H21N3. The highest BCUT2D eigenvalue weighted by molar-refractivity contribution is 5.15. The summed E-state index contributed by atoms with van der Waals surface area (Å²) in [6, 6.07) is 10.5. The van der Waals surface area contributed by atoms with Gasteiger partial charge in [0.15, 0.2) is 0 Å². The number of imidazole rings is 1. The number of hydrogen-bond acceptors (Lipinski definition) is 2. The lowest BCUT2D eigenvalue weighted by molar-refractivity contribution is 0.533. The van der Waals surface area contributed by atoms with Crippen molar-refractivity contribution in [2.24, 2.45) is 5.92 Å². The molecule has 0 saturated carbocycles. The molecule has 2 rings (SSSR count). The van der Waals surface area contributed by atoms with Gasteiger partial charge in [-0.1, -0.05) is 44.2 Å². The highest BCUT2D eigenvalue weighted by atomic mass is 15.1. The van der Waals surface area contributed by atoms with Crippen LogP contribution in [0.3, 0.4) is 0 Å². The number of rotatable bonds is 6. The van der Waals surface area contributed by atoms with E-state index in [9.17, 15) is 0 Å². The van der Waals surface area contributed by atoms with E-state index in [-0.39, 0.29) is 0 Å². The third-order valence-electron chi connectivity index (χ3n) is 2.83. The van der Waals surface area contributed by atoms with Crippen LogP contribution in [0, 0.1) is 5.92 Å². The summed E-state index contributed by atoms with van der Waals surface area (Å²) in [5.41, 5.74) is 1.31. The Morgan fingerprint density at radius 2 is 2.00 bits per heavy atom. The summed E-state index contributed by atoms with van der Waals surface area (Å²) in [7, 11) is 0. The summed E-state index contributed by atoms with van der Waals surface area (Å²) >= 11 is 0. The third kappa shape index (κ3) is 3.70. The maximum Gasteiger partial charge on any atom is 0.122 e. The number of benzene rings is 1. The molecule has 0 radical (unpaired) electrons. The van der Waals surface area contributed by atoms with Gasteiger partial charge >= 0.3 is 0 Å². The molecule has 0 aliphatic rings. The lowest BCUT2D eigenvalue weighted by Crippen LogP contribution is -2.21. The normalized spacial score (nSPS) is 11.1. The van der Waals surface area contributed by atoms with Crippen molar-refractivity contribution in [2.45, 2.75) is 26.9 Å². The van der Waals surface area contributed by atoms with Crippen molar-refractivity contribution in [1.29, 1.82) is 0 Å². The van der Waals surface area contributed by atoms with E-state index < -0.39 is 0 Å². The first-order valence-corrected chi connectivity index (χ1v) is 6.50. The van der Waals surface area contributed by atoms with E-state index in [1.165, 1.54) is 5.56 Å². The summed E-state index contributed by atoms with van der Waals surface area (Å²) in [4.78, 5) is 4.41. The zero-order valence-corrected chi connectivity index (χ0v) is 11.1. The number of hydrogen-bond donors (Lipinski definition) is 1. The smallest absolute Gasteiger partial charge is 0.122 e. The minimum Gasteiger partial charge on any atom is -0.329 e. The van der Waals surface area contributed by atoms with Gasteiger partial charge in [-0.2, -0.15) is 0 Å². The van der Waals surface area contributed by atoms with Crippen LogP contribution in [-0.4, -0.2) is 16.1 Å². The Morgan fingerprint density at radius 3 is 2.72 bits per heavy atom. The quantitative estimate of drug-likeness (QED) is 0.845. The molecule has 0 unspecified atom stereocenters. The van der Waals surface area contributed by atoms with E-state index in [4.69, 9.17) is 0 Å². The van der Waals surface area contributed by atoms with E-state index in [2.05, 4.69) is 53.0 Å². The average Bonchev–Trinajstić information content (AvgIpc) is 2.78. The largest absolute Gasteiger partial charge is 0.329 e. The van der Waals surface area contributed by atoms with Crippen molar-refractivity contribution in [1.82, 2.24) is 14.9 Å². The zero-order chi connectivity index (χ0) is 12.8. The van der Waals surface area contributed by atoms with E-state index >= 15 is 0 Å². The minimum atomic E-state index is 0.669. The predicted molar refractivity (Wildman–Crippen MR) is 74.3 cm³/mol. The van der Waals surface area contributed by atoms with Gasteiger partial charge in [0, 0.05) is 18.9 Å². The van der Waals surface area contributed by atoms with Crippen LogP contribution in [0.1, 0.15) is 25.2 Å². The number of nitrogens with one attached hydrogen (secondary N) is 1. The molecular weight excluding hydrogens is 222 g/mol. The molecule has 0 aliphatic carbocycles. The Morgan fingerprint density at radius 1 is 1.22 bits per heavy atom. The van der Waals surface area contributed by atoms with Gasteiger partial charge < -0.3 is 9.88 Å². The molecule has 0 atom stereocenters. The maximum atomic E-state index is 4.41. The van der Waals surface area contributed by atoms with Crippen LogP contribution in [0.25, 0.3) is 0 Å². The van der Waals surface area contributed by atoms with Gasteiger partial charge in [-0.25, -0.2) is 4.98 Å². The van der Waals surface area contributed by atoms with Crippen LogP contribution in [-0.2, 0) is 13.1 Å². The summed E-state index contributed by atoms with van der Waals surface area (Å²) < 4.78 is 2.20. The fourth-order valence-corrected chi connectivity index (χ4v) is 1.90. The van der Waals surface area contributed by atoms with Gasteiger partial charge in [0.1, 0.15) is 5.82 Å². The van der Waals surface area contributed by atoms with Crippen LogP contribution in [0.2, 0.25) is 0 Å². The Hall–Kier alpha value is -1.61. The lowest BCUT2D eigenvalue weighted by Gasteiger charge is -2.10. The van der Waals surface area contributed by atoms with Crippen molar-refractivity contribution in [3.05, 3.63) is 54.1 Å². The topological polar surface area (TPSA) is 29.9 Å². The maximum absolute atomic E-state index is 4.41. The predicted octanol–water partition coefficient (Wildman–Crippen LogP) is 2.68. The fourth-order valence-electron chi connectivity index (χ4n) is 1.90. The molecule has 0 bridgehead atoms. The second kappa shape index (κ2) is 6.36. The molecule has 0 amide bonds. The van der Waals surface area contributed by atoms with Gasteiger partial charge in [-0.05, 0) is 18.0 Å². The van der Waals surface area contributed by atoms with Crippen LogP contribution in [0.15, 0.2) is 42.7 Å². The van der Waals surface area contributed by atoms with Crippen molar-refractivity contribution in [3.8, 4) is 0 Å². The monoisotopic (exact) mass is 243 g/mol. The molecule has 0 fully saturated rings. The minimum absolute atomic E-state index is 0.669. The molecule has 0 aliphatic heterocycles. The molecule has 96 valence electrons. The SMILES string of the molecule is CC(C)CNCc1nccn1Cc1ccccc1. The van der Waals surface area contributed by atoms with Crippen LogP contribution >= 0.6 is 0 Å². The molecule has 1 N–H and O–H groups in total. The summed E-state index contributed by atoms with van der Waals surface area (Å²) in [5.74, 6) is 1.77. The Labute approximate surface area is 109 Å². The second-order valence-corrected chi connectivity index (χ2v) is 4.98. The molecule has 0 saturated heterocycles. The van der Waals surface area contributed by atoms with E-state index in [0.717, 1.165) is 25.5 Å². The van der Waals surface area contributed by atoms with Crippen LogP contribution < -0.4 is 5.32 Å². The van der Waals surface area contributed by atoms with Gasteiger partial charge in [0.05, 0.1) is 6.54 Å². The summed E-state index contributed by atoms with van der Waals surface area (Å²) in [6.45, 7) is 7.17. The Bertz CT molecular complexity index is 460. The van der Waals surface area contributed by atoms with E-state index in [1.54, 1.807) is 0 Å². The highest BCUT2D eigenvalue weighted by Gasteiger charge is 2.03. The molecule has 18 heavy (non-hydrogen) atoms. The van der Waals surface area contributed by atoms with Crippen molar-refractivity contribution >= 4 is 0 Å². The molecule has 3 heteroatoms. The van der Waals surface area contributed by atoms with Crippen molar-refractivity contribution in [3.63, 3.8) is 0 Å². The van der Waals surface area contributed by atoms with Gasteiger partial charge in [-0.15, -0.1) is 0 Å². The fraction of sp³-hybridized carbons (Fsp3) is 0.400. The first-order valence-electron chi connectivity index (χ1n) is 6.50. The summed E-state index contributed by atoms with van der Waals surface area (Å²) in [5, 5.41) is 3.43. The van der Waals surface area contributed by atoms with Crippen LogP contribution in [0.5, 0.6) is 0 Å². The van der Waals surface area contributed by atoms with Gasteiger partial charge in [-0.3, -0.25) is 0 Å². The zero-order valence-electron chi connectivity index (χ0n) is 11.1. The molecule has 1 aromatic heterocycles. The first-order chi connectivity index (χ1) is 8.75. The molecule has 0 spiro atoms. The third-order valence-corrected chi connectivity index (χ3v) is 2.83. The summed E-state index contributed by atoms with van der Waals surface area (Å²) in [6.07, 6.45) is 3.91. The van der Waals surface area contributed by atoms with Crippen LogP contribution in [0.4, 0.5) is 0 Å². The van der Waals surface area contributed by atoms with E-state index in [1.807, 2.05) is 18.5 Å². The van der Waals surface area contributed by atoms with E-state index in [0.29, 0.717) is 5.92 Å². The second-order valence-electron chi connectivity index (χ2n) is 4.98. The molecule has 3 nitrogen and oxygen atoms in total. The van der Waals surface area contributed by atoms with Gasteiger partial charge in [0.25, 0.3) is 0 Å². The molecule has 1 heterocycles. The molecule has 2 aromatic rings. The lowest BCUT2D eigenvalue weighted by atomic mass is 10.2. The van der Waals surface area contributed by atoms with Crippen molar-refractivity contribution in [2.75, 3.05) is 6.54 Å². The first kappa shape index (κ1) is 12.8. The Balaban J connectivity index is 1.95. The highest BCUT2D eigenvalue weighted by Crippen LogP contribution is 2.05. The number of aromatic nitrogens is 2. The standard InChI is InChI=1S/C15H21N3/c1-13(2)10-16-11-15-17-8-9-18(15)12-14-6-4-3-5-7-14/h3-9,13,16H,10-12H2,1-2H3.